The maximum Gasteiger partial charge on any atom is 0.335 e. The Morgan fingerprint density at radius 1 is 1.32 bits per heavy atom. The quantitative estimate of drug-likeness (QED) is 0.785. The smallest absolute Gasteiger partial charge is 0.335 e. The lowest BCUT2D eigenvalue weighted by molar-refractivity contribution is 0.0695. The van der Waals surface area contributed by atoms with Gasteiger partial charge in [0.15, 0.2) is 0 Å². The number of aryl methyl sites for hydroxylation is 1. The third-order valence-electron chi connectivity index (χ3n) is 4.95. The molecule has 0 spiro atoms. The molecule has 1 aromatic rings. The zero-order valence-corrected chi connectivity index (χ0v) is 13.9. The number of carboxylic acids is 1. The van der Waals surface area contributed by atoms with Gasteiger partial charge in [-0.3, -0.25) is 0 Å². The summed E-state index contributed by atoms with van der Waals surface area (Å²) < 4.78 is 0. The maximum atomic E-state index is 11.5. The van der Waals surface area contributed by atoms with Gasteiger partial charge in [0.2, 0.25) is 0 Å². The molecule has 0 heterocycles. The Kier molecular flexibility index (Phi) is 5.23. The molecule has 2 nitrogen and oxygen atoms in total. The molecule has 118 valence electrons. The molecule has 22 heavy (non-hydrogen) atoms. The van der Waals surface area contributed by atoms with Crippen molar-refractivity contribution >= 4 is 5.97 Å². The number of carboxylic acid groups (broad SMARTS) is 1. The normalized spacial score (nSPS) is 20.8. The first-order chi connectivity index (χ1) is 10.5. The highest BCUT2D eigenvalue weighted by Crippen LogP contribution is 2.38. The molecule has 0 saturated heterocycles. The number of carbonyl (C=O) groups is 1. The zero-order valence-electron chi connectivity index (χ0n) is 13.9. The van der Waals surface area contributed by atoms with Crippen molar-refractivity contribution in [2.45, 2.75) is 52.9 Å². The molecule has 1 atom stereocenters. The SMILES string of the molecule is CCCc1c(CCC2(C)CC=CC=C2C)cccc1C(=O)O. The summed E-state index contributed by atoms with van der Waals surface area (Å²) in [6.45, 7) is 6.61. The second kappa shape index (κ2) is 6.95. The van der Waals surface area contributed by atoms with E-state index in [0.717, 1.165) is 37.7 Å². The Morgan fingerprint density at radius 3 is 2.73 bits per heavy atom. The fourth-order valence-electron chi connectivity index (χ4n) is 3.23. The minimum absolute atomic E-state index is 0.192. The fourth-order valence-corrected chi connectivity index (χ4v) is 3.23. The summed E-state index contributed by atoms with van der Waals surface area (Å²) in [6.07, 6.45) is 11.4. The molecule has 0 aliphatic heterocycles. The van der Waals surface area contributed by atoms with E-state index in [9.17, 15) is 9.90 Å². The minimum Gasteiger partial charge on any atom is -0.478 e. The summed E-state index contributed by atoms with van der Waals surface area (Å²) in [5.74, 6) is -0.812. The third-order valence-corrected chi connectivity index (χ3v) is 4.95. The highest BCUT2D eigenvalue weighted by Gasteiger charge is 2.26. The van der Waals surface area contributed by atoms with E-state index in [4.69, 9.17) is 0 Å². The van der Waals surface area contributed by atoms with Crippen LogP contribution in [0.3, 0.4) is 0 Å². The van der Waals surface area contributed by atoms with Crippen molar-refractivity contribution in [2.24, 2.45) is 5.41 Å². The first-order valence-electron chi connectivity index (χ1n) is 8.16. The summed E-state index contributed by atoms with van der Waals surface area (Å²) >= 11 is 0. The molecule has 1 aliphatic carbocycles. The summed E-state index contributed by atoms with van der Waals surface area (Å²) in [6, 6.07) is 5.70. The standard InChI is InChI=1S/C20H26O2/c1-4-8-17-16(10-7-11-18(17)19(21)22)12-14-20(3)13-6-5-9-15(20)2/h5-7,9-11H,4,8,12-14H2,1-3H3,(H,21,22). The molecule has 1 aromatic carbocycles. The van der Waals surface area contributed by atoms with Gasteiger partial charge >= 0.3 is 5.97 Å². The molecular formula is C20H26O2. The number of hydrogen-bond donors (Lipinski definition) is 1. The number of hydrogen-bond acceptors (Lipinski definition) is 1. The van der Waals surface area contributed by atoms with E-state index in [1.165, 1.54) is 11.1 Å². The van der Waals surface area contributed by atoms with Gasteiger partial charge in [-0.2, -0.15) is 0 Å². The van der Waals surface area contributed by atoms with Gasteiger partial charge < -0.3 is 5.11 Å². The Balaban J connectivity index is 2.23. The molecule has 0 amide bonds. The largest absolute Gasteiger partial charge is 0.478 e. The predicted molar refractivity (Wildman–Crippen MR) is 91.3 cm³/mol. The molecule has 1 N–H and O–H groups in total. The van der Waals surface area contributed by atoms with Crippen LogP contribution in [-0.2, 0) is 12.8 Å². The number of aromatic carboxylic acids is 1. The van der Waals surface area contributed by atoms with Crippen molar-refractivity contribution < 1.29 is 9.90 Å². The van der Waals surface area contributed by atoms with Gasteiger partial charge in [-0.15, -0.1) is 0 Å². The summed E-state index contributed by atoms with van der Waals surface area (Å²) in [5.41, 5.74) is 4.30. The van der Waals surface area contributed by atoms with Crippen LogP contribution in [0.25, 0.3) is 0 Å². The Labute approximate surface area is 133 Å². The first-order valence-corrected chi connectivity index (χ1v) is 8.16. The highest BCUT2D eigenvalue weighted by molar-refractivity contribution is 5.89. The molecule has 1 unspecified atom stereocenters. The second-order valence-corrected chi connectivity index (χ2v) is 6.54. The lowest BCUT2D eigenvalue weighted by Crippen LogP contribution is -2.20. The lowest BCUT2D eigenvalue weighted by atomic mass is 9.73. The Morgan fingerprint density at radius 2 is 2.09 bits per heavy atom. The van der Waals surface area contributed by atoms with E-state index in [2.05, 4.69) is 45.1 Å². The van der Waals surface area contributed by atoms with Crippen LogP contribution in [-0.4, -0.2) is 11.1 Å². The molecule has 0 bridgehead atoms. The molecule has 2 rings (SSSR count). The van der Waals surface area contributed by atoms with Gasteiger partial charge in [-0.25, -0.2) is 4.79 Å². The minimum atomic E-state index is -0.812. The van der Waals surface area contributed by atoms with Crippen LogP contribution >= 0.6 is 0 Å². The fraction of sp³-hybridized carbons (Fsp3) is 0.450. The molecule has 2 heteroatoms. The van der Waals surface area contributed by atoms with Crippen LogP contribution in [0.2, 0.25) is 0 Å². The Hall–Kier alpha value is -1.83. The second-order valence-electron chi connectivity index (χ2n) is 6.54. The van der Waals surface area contributed by atoms with Crippen LogP contribution in [0.4, 0.5) is 0 Å². The summed E-state index contributed by atoms with van der Waals surface area (Å²) in [5, 5.41) is 9.41. The van der Waals surface area contributed by atoms with E-state index in [1.807, 2.05) is 6.07 Å². The van der Waals surface area contributed by atoms with Crippen molar-refractivity contribution in [1.29, 1.82) is 0 Å². The molecule has 0 saturated carbocycles. The van der Waals surface area contributed by atoms with Gasteiger partial charge in [0.05, 0.1) is 5.56 Å². The third kappa shape index (κ3) is 3.49. The van der Waals surface area contributed by atoms with Crippen molar-refractivity contribution in [3.8, 4) is 0 Å². The van der Waals surface area contributed by atoms with Crippen LogP contribution < -0.4 is 0 Å². The molecule has 0 radical (unpaired) electrons. The number of allylic oxidation sites excluding steroid dienone is 4. The van der Waals surface area contributed by atoms with Gasteiger partial charge in [0.1, 0.15) is 0 Å². The van der Waals surface area contributed by atoms with Crippen molar-refractivity contribution in [3.63, 3.8) is 0 Å². The average molecular weight is 298 g/mol. The monoisotopic (exact) mass is 298 g/mol. The van der Waals surface area contributed by atoms with Gasteiger partial charge in [0.25, 0.3) is 0 Å². The van der Waals surface area contributed by atoms with Crippen LogP contribution in [0, 0.1) is 5.41 Å². The zero-order chi connectivity index (χ0) is 16.2. The molecule has 1 aliphatic rings. The highest BCUT2D eigenvalue weighted by atomic mass is 16.4. The van der Waals surface area contributed by atoms with E-state index < -0.39 is 5.97 Å². The maximum absolute atomic E-state index is 11.5. The summed E-state index contributed by atoms with van der Waals surface area (Å²) in [4.78, 5) is 11.5. The number of rotatable bonds is 6. The van der Waals surface area contributed by atoms with Gasteiger partial charge in [-0.1, -0.05) is 56.2 Å². The summed E-state index contributed by atoms with van der Waals surface area (Å²) in [7, 11) is 0. The number of benzene rings is 1. The van der Waals surface area contributed by atoms with Crippen LogP contribution in [0.1, 0.15) is 61.5 Å². The topological polar surface area (TPSA) is 37.3 Å². The Bertz CT molecular complexity index is 610. The van der Waals surface area contributed by atoms with Crippen molar-refractivity contribution in [3.05, 3.63) is 58.7 Å². The van der Waals surface area contributed by atoms with Crippen LogP contribution in [0.15, 0.2) is 42.0 Å². The van der Waals surface area contributed by atoms with Crippen LogP contribution in [0.5, 0.6) is 0 Å². The van der Waals surface area contributed by atoms with E-state index in [0.29, 0.717) is 5.56 Å². The predicted octanol–water partition coefficient (Wildman–Crippen LogP) is 5.18. The van der Waals surface area contributed by atoms with E-state index in [-0.39, 0.29) is 5.41 Å². The molecule has 0 fully saturated rings. The van der Waals surface area contributed by atoms with E-state index >= 15 is 0 Å². The van der Waals surface area contributed by atoms with Crippen molar-refractivity contribution in [1.82, 2.24) is 0 Å². The molecule has 0 aromatic heterocycles. The molecular weight excluding hydrogens is 272 g/mol. The van der Waals surface area contributed by atoms with Gasteiger partial charge in [-0.05, 0) is 55.2 Å². The lowest BCUT2D eigenvalue weighted by Gasteiger charge is -2.32. The van der Waals surface area contributed by atoms with Gasteiger partial charge in [0, 0.05) is 0 Å². The van der Waals surface area contributed by atoms with Crippen molar-refractivity contribution in [2.75, 3.05) is 0 Å². The van der Waals surface area contributed by atoms with E-state index in [1.54, 1.807) is 6.07 Å². The first kappa shape index (κ1) is 16.5. The average Bonchev–Trinajstić information content (AvgIpc) is 2.49.